The molecule has 0 unspecified atom stereocenters. The van der Waals surface area contributed by atoms with Crippen LogP contribution in [0.1, 0.15) is 12.8 Å². The Morgan fingerprint density at radius 1 is 0.787 bits per heavy atom. The molecule has 13 nitrogen and oxygen atoms in total. The lowest BCUT2D eigenvalue weighted by Crippen LogP contribution is -2.33. The summed E-state index contributed by atoms with van der Waals surface area (Å²) in [6.07, 6.45) is 2.61. The van der Waals surface area contributed by atoms with E-state index in [1.165, 1.54) is 14.1 Å². The maximum Gasteiger partial charge on any atom is 0.406 e. The zero-order chi connectivity index (χ0) is 34.2. The number of carbonyl (C=O) groups excluding carboxylic acids is 3. The quantitative estimate of drug-likeness (QED) is 0.0670. The van der Waals surface area contributed by atoms with Gasteiger partial charge in [0, 0.05) is 63.3 Å². The van der Waals surface area contributed by atoms with Gasteiger partial charge in [-0.25, -0.2) is 19.6 Å². The first-order chi connectivity index (χ1) is 23.0. The molecule has 2 rings (SSSR count). The van der Waals surface area contributed by atoms with Crippen molar-refractivity contribution in [3.05, 3.63) is 48.8 Å². The van der Waals surface area contributed by atoms with Gasteiger partial charge >= 0.3 is 12.2 Å². The predicted octanol–water partition coefficient (Wildman–Crippen LogP) is 4.60. The lowest BCUT2D eigenvalue weighted by Gasteiger charge is -2.17. The lowest BCUT2D eigenvalue weighted by atomic mass is 10.3. The second kappa shape index (κ2) is 31.2. The highest BCUT2D eigenvalue weighted by molar-refractivity contribution is 8.77. The number of ether oxygens (including phenoxy) is 5. The Hall–Kier alpha value is -2.06. The van der Waals surface area contributed by atoms with Crippen molar-refractivity contribution in [1.29, 1.82) is 0 Å². The van der Waals surface area contributed by atoms with Crippen molar-refractivity contribution < 1.29 is 38.1 Å². The predicted molar refractivity (Wildman–Crippen MR) is 193 cm³/mol. The van der Waals surface area contributed by atoms with Gasteiger partial charge in [0.2, 0.25) is 5.91 Å². The molecule has 0 atom stereocenters. The fourth-order valence-corrected chi connectivity index (χ4v) is 6.49. The molecule has 0 saturated heterocycles. The van der Waals surface area contributed by atoms with Gasteiger partial charge in [-0.1, -0.05) is 33.7 Å². The van der Waals surface area contributed by atoms with Gasteiger partial charge in [-0.2, -0.15) is 12.6 Å². The first-order valence-electron chi connectivity index (χ1n) is 14.7. The van der Waals surface area contributed by atoms with Gasteiger partial charge in [0.05, 0.1) is 26.4 Å². The van der Waals surface area contributed by atoms with Crippen molar-refractivity contribution in [2.75, 3.05) is 84.1 Å². The van der Waals surface area contributed by atoms with Gasteiger partial charge < -0.3 is 39.6 Å². The Bertz CT molecular complexity index is 1000. The van der Waals surface area contributed by atoms with Crippen molar-refractivity contribution in [3.63, 3.8) is 0 Å². The van der Waals surface area contributed by atoms with Gasteiger partial charge in [-0.3, -0.25) is 4.79 Å². The van der Waals surface area contributed by atoms with E-state index in [0.717, 1.165) is 34.8 Å². The third-order valence-corrected chi connectivity index (χ3v) is 9.78. The third-order valence-electron chi connectivity index (χ3n) is 5.10. The highest BCUT2D eigenvalue weighted by Crippen LogP contribution is 2.29. The number of pyridine rings is 2. The molecule has 0 aliphatic rings. The van der Waals surface area contributed by atoms with Crippen molar-refractivity contribution in [1.82, 2.24) is 25.9 Å². The van der Waals surface area contributed by atoms with E-state index in [2.05, 4.69) is 38.5 Å². The average Bonchev–Trinajstić information content (AvgIpc) is 3.11. The van der Waals surface area contributed by atoms with Crippen molar-refractivity contribution in [2.45, 2.75) is 29.0 Å². The molecule has 0 aliphatic heterocycles. The van der Waals surface area contributed by atoms with E-state index in [9.17, 15) is 14.4 Å². The number of alkyl carbamates (subject to hydrolysis) is 2. The van der Waals surface area contributed by atoms with Crippen LogP contribution in [0.15, 0.2) is 58.8 Å². The highest BCUT2D eigenvalue weighted by Gasteiger charge is 2.15. The molecule has 3 amide bonds. The second-order valence-electron chi connectivity index (χ2n) is 8.74. The number of hydrogen-bond acceptors (Lipinski definition) is 15. The molecule has 2 aromatic heterocycles. The van der Waals surface area contributed by atoms with Crippen molar-refractivity contribution in [2.24, 2.45) is 0 Å². The molecule has 0 aromatic carbocycles. The van der Waals surface area contributed by atoms with Crippen LogP contribution in [-0.2, 0) is 28.5 Å². The van der Waals surface area contributed by atoms with Gasteiger partial charge in [0.25, 0.3) is 0 Å². The Morgan fingerprint density at radius 2 is 1.32 bits per heavy atom. The molecule has 18 heteroatoms. The summed E-state index contributed by atoms with van der Waals surface area (Å²) in [5, 5.41) is 9.36. The summed E-state index contributed by atoms with van der Waals surface area (Å²) in [5.74, 6) is 2.38. The van der Waals surface area contributed by atoms with E-state index in [4.69, 9.17) is 23.7 Å². The van der Waals surface area contributed by atoms with Crippen LogP contribution < -0.4 is 16.0 Å². The molecule has 0 saturated carbocycles. The Balaban J connectivity index is 0.000000471. The van der Waals surface area contributed by atoms with Crippen LogP contribution in [0.5, 0.6) is 0 Å². The topological polar surface area (TPSA) is 159 Å². The molecule has 264 valence electrons. The monoisotopic (exact) mass is 751 g/mol. The van der Waals surface area contributed by atoms with Crippen LogP contribution in [0.3, 0.4) is 0 Å². The average molecular weight is 752 g/mol. The summed E-state index contributed by atoms with van der Waals surface area (Å²) >= 11 is 3.99. The van der Waals surface area contributed by atoms with Crippen LogP contribution in [0.2, 0.25) is 0 Å². The fraction of sp³-hybridized carbons (Fsp3) is 0.552. The Labute approximate surface area is 298 Å². The minimum absolute atomic E-state index is 0.0669. The third kappa shape index (κ3) is 26.6. The van der Waals surface area contributed by atoms with Gasteiger partial charge in [-0.05, 0) is 52.3 Å². The Morgan fingerprint density at radius 3 is 1.77 bits per heavy atom. The minimum Gasteiger partial charge on any atom is -0.447 e. The number of nitrogens with one attached hydrogen (secondary N) is 3. The van der Waals surface area contributed by atoms with E-state index < -0.39 is 18.3 Å². The van der Waals surface area contributed by atoms with Crippen LogP contribution in [0.4, 0.5) is 9.59 Å². The normalized spacial score (nSPS) is 10.5. The van der Waals surface area contributed by atoms with E-state index in [0.29, 0.717) is 38.4 Å². The number of nitrogens with zero attached hydrogens (tertiary/aromatic N) is 2. The van der Waals surface area contributed by atoms with Crippen LogP contribution in [0, 0.1) is 0 Å². The maximum absolute atomic E-state index is 11.4. The molecule has 0 radical (unpaired) electrons. The van der Waals surface area contributed by atoms with Gasteiger partial charge in [0.1, 0.15) is 29.4 Å². The summed E-state index contributed by atoms with van der Waals surface area (Å²) in [6.45, 7) is 3.42. The summed E-state index contributed by atoms with van der Waals surface area (Å²) < 4.78 is 26.3. The molecule has 0 fully saturated rings. The molecular weight excluding hydrogens is 707 g/mol. The zero-order valence-corrected chi connectivity index (χ0v) is 30.8. The minimum atomic E-state index is -0.607. The smallest absolute Gasteiger partial charge is 0.406 e. The molecule has 2 heterocycles. The summed E-state index contributed by atoms with van der Waals surface area (Å²) in [6, 6.07) is 11.9. The second-order valence-corrected chi connectivity index (χ2v) is 14.1. The molecule has 0 bridgehead atoms. The number of amides is 3. The van der Waals surface area contributed by atoms with E-state index >= 15 is 0 Å². The zero-order valence-electron chi connectivity index (χ0n) is 26.6. The van der Waals surface area contributed by atoms with Gasteiger partial charge in [-0.15, -0.1) is 0 Å². The molecule has 47 heavy (non-hydrogen) atoms. The summed E-state index contributed by atoms with van der Waals surface area (Å²) in [4.78, 5) is 42.0. The number of thiol groups is 1. The molecule has 3 N–H and O–H groups in total. The van der Waals surface area contributed by atoms with Crippen LogP contribution >= 0.6 is 55.8 Å². The molecule has 2 aromatic rings. The fourth-order valence-electron chi connectivity index (χ4n) is 2.90. The first kappa shape index (κ1) is 43.0. The van der Waals surface area contributed by atoms with E-state index in [1.54, 1.807) is 43.2 Å². The van der Waals surface area contributed by atoms with Crippen LogP contribution in [0.25, 0.3) is 0 Å². The highest BCUT2D eigenvalue weighted by atomic mass is 33.1. The maximum atomic E-state index is 11.4. The van der Waals surface area contributed by atoms with Crippen LogP contribution in [-0.4, -0.2) is 118 Å². The summed E-state index contributed by atoms with van der Waals surface area (Å²) in [7, 11) is 9.74. The molecular formula is C29H45N5O8S5. The number of rotatable bonds is 24. The number of hydrogen-bond donors (Lipinski definition) is 4. The standard InChI is InChI=1S/C16H20N2O2S4.C13H25N3O6S/c1-3-7-17-15(5-1)23-21-13-11-19-9-10-20-12-14-22-24-16-6-2-4-8-18-16;1-14-12(18)21-8-10(9-22-13(19)15-2)20-6-3-4-11(17)16-5-7-23/h1-8H,9-14H2;10,23H,3-9H2,1-2H3,(H,14,18)(H,15,19)(H,16,17). The first-order valence-corrected chi connectivity index (χ1v) is 20.0. The van der Waals surface area contributed by atoms with E-state index in [1.807, 2.05) is 48.8 Å². The molecule has 0 aliphatic carbocycles. The Kier molecular flexibility index (Phi) is 28.5. The molecule has 0 spiro atoms. The summed E-state index contributed by atoms with van der Waals surface area (Å²) in [5.41, 5.74) is 0. The van der Waals surface area contributed by atoms with Crippen molar-refractivity contribution >= 4 is 73.9 Å². The largest absolute Gasteiger partial charge is 0.447 e. The number of carbonyl (C=O) groups is 3. The van der Waals surface area contributed by atoms with Crippen molar-refractivity contribution in [3.8, 4) is 0 Å². The van der Waals surface area contributed by atoms with E-state index in [-0.39, 0.29) is 25.7 Å². The lowest BCUT2D eigenvalue weighted by molar-refractivity contribution is -0.121. The SMILES string of the molecule is CNC(=O)OCC(COC(=O)NC)OCCCC(=O)NCCS.c1ccc(SSCCOCCOCCSSc2ccccn2)nc1. The van der Waals surface area contributed by atoms with Gasteiger partial charge in [0.15, 0.2) is 0 Å². The number of aromatic nitrogens is 2.